The molecule has 1 fully saturated rings. The monoisotopic (exact) mass is 250 g/mol. The molecule has 0 bridgehead atoms. The van der Waals surface area contributed by atoms with Gasteiger partial charge in [-0.25, -0.2) is 4.39 Å². The number of aliphatic hydroxyl groups is 1. The van der Waals surface area contributed by atoms with Crippen molar-refractivity contribution < 1.29 is 9.50 Å². The summed E-state index contributed by atoms with van der Waals surface area (Å²) in [6.45, 7) is 4.17. The molecule has 0 aromatic heterocycles. The molecule has 1 aromatic carbocycles. The SMILES string of the molecule is CCC1CCCC(O)(Cc2cc(F)ccc2C)C1. The van der Waals surface area contributed by atoms with Gasteiger partial charge in [0.25, 0.3) is 0 Å². The average Bonchev–Trinajstić information content (AvgIpc) is 2.33. The van der Waals surface area contributed by atoms with E-state index < -0.39 is 5.60 Å². The van der Waals surface area contributed by atoms with E-state index in [1.54, 1.807) is 12.1 Å². The van der Waals surface area contributed by atoms with E-state index in [9.17, 15) is 9.50 Å². The summed E-state index contributed by atoms with van der Waals surface area (Å²) in [5.41, 5.74) is 1.40. The number of hydrogen-bond acceptors (Lipinski definition) is 1. The van der Waals surface area contributed by atoms with Crippen molar-refractivity contribution in [3.8, 4) is 0 Å². The largest absolute Gasteiger partial charge is 0.390 e. The molecule has 1 aliphatic rings. The fourth-order valence-corrected chi connectivity index (χ4v) is 3.16. The lowest BCUT2D eigenvalue weighted by Crippen LogP contribution is -2.37. The normalized spacial score (nSPS) is 28.3. The summed E-state index contributed by atoms with van der Waals surface area (Å²) in [6, 6.07) is 4.86. The van der Waals surface area contributed by atoms with Crippen molar-refractivity contribution in [2.24, 2.45) is 5.92 Å². The quantitative estimate of drug-likeness (QED) is 0.859. The van der Waals surface area contributed by atoms with Crippen molar-refractivity contribution in [3.05, 3.63) is 35.1 Å². The predicted octanol–water partition coefficient (Wildman–Crippen LogP) is 4.01. The van der Waals surface area contributed by atoms with E-state index in [4.69, 9.17) is 0 Å². The first-order valence-corrected chi connectivity index (χ1v) is 7.00. The minimum atomic E-state index is -0.628. The van der Waals surface area contributed by atoms with Gasteiger partial charge in [0.15, 0.2) is 0 Å². The van der Waals surface area contributed by atoms with Gasteiger partial charge in [-0.3, -0.25) is 0 Å². The van der Waals surface area contributed by atoms with E-state index >= 15 is 0 Å². The summed E-state index contributed by atoms with van der Waals surface area (Å²) in [6.07, 6.45) is 5.74. The van der Waals surface area contributed by atoms with Crippen LogP contribution in [-0.2, 0) is 6.42 Å². The first-order valence-electron chi connectivity index (χ1n) is 7.00. The highest BCUT2D eigenvalue weighted by Crippen LogP contribution is 2.36. The molecule has 0 spiro atoms. The predicted molar refractivity (Wildman–Crippen MR) is 72.0 cm³/mol. The zero-order valence-electron chi connectivity index (χ0n) is 11.4. The topological polar surface area (TPSA) is 20.2 Å². The lowest BCUT2D eigenvalue weighted by atomic mass is 9.74. The molecule has 0 radical (unpaired) electrons. The zero-order valence-corrected chi connectivity index (χ0v) is 11.4. The van der Waals surface area contributed by atoms with Crippen LogP contribution in [0, 0.1) is 18.7 Å². The smallest absolute Gasteiger partial charge is 0.123 e. The van der Waals surface area contributed by atoms with Gasteiger partial charge < -0.3 is 5.11 Å². The average molecular weight is 250 g/mol. The van der Waals surface area contributed by atoms with Crippen LogP contribution < -0.4 is 0 Å². The van der Waals surface area contributed by atoms with Crippen molar-refractivity contribution >= 4 is 0 Å². The molecule has 2 unspecified atom stereocenters. The summed E-state index contributed by atoms with van der Waals surface area (Å²) in [5, 5.41) is 10.7. The van der Waals surface area contributed by atoms with Crippen molar-refractivity contribution in [1.82, 2.24) is 0 Å². The Hall–Kier alpha value is -0.890. The molecule has 0 aliphatic heterocycles. The Morgan fingerprint density at radius 1 is 1.44 bits per heavy atom. The van der Waals surface area contributed by atoms with Crippen LogP contribution in [0.4, 0.5) is 4.39 Å². The van der Waals surface area contributed by atoms with E-state index in [-0.39, 0.29) is 5.82 Å². The molecule has 2 heteroatoms. The summed E-state index contributed by atoms with van der Waals surface area (Å²) in [4.78, 5) is 0. The summed E-state index contributed by atoms with van der Waals surface area (Å²) in [7, 11) is 0. The molecule has 0 saturated heterocycles. The van der Waals surface area contributed by atoms with E-state index in [0.717, 1.165) is 36.8 Å². The number of aryl methyl sites for hydroxylation is 1. The maximum Gasteiger partial charge on any atom is 0.123 e. The Balaban J connectivity index is 2.14. The number of benzene rings is 1. The Morgan fingerprint density at radius 3 is 2.94 bits per heavy atom. The minimum Gasteiger partial charge on any atom is -0.390 e. The molecular formula is C16H23FO. The Kier molecular flexibility index (Phi) is 4.06. The van der Waals surface area contributed by atoms with Crippen LogP contribution >= 0.6 is 0 Å². The highest BCUT2D eigenvalue weighted by Gasteiger charge is 2.34. The molecule has 0 amide bonds. The van der Waals surface area contributed by atoms with Gasteiger partial charge in [0.05, 0.1) is 5.60 Å². The number of hydrogen-bond donors (Lipinski definition) is 1. The van der Waals surface area contributed by atoms with E-state index in [0.29, 0.717) is 12.3 Å². The van der Waals surface area contributed by atoms with Crippen molar-refractivity contribution in [2.75, 3.05) is 0 Å². The first kappa shape index (κ1) is 13.5. The fraction of sp³-hybridized carbons (Fsp3) is 0.625. The van der Waals surface area contributed by atoms with Gasteiger partial charge in [-0.1, -0.05) is 32.3 Å². The Labute approximate surface area is 109 Å². The highest BCUT2D eigenvalue weighted by molar-refractivity contribution is 5.28. The summed E-state index contributed by atoms with van der Waals surface area (Å²) in [5.74, 6) is 0.416. The molecular weight excluding hydrogens is 227 g/mol. The van der Waals surface area contributed by atoms with Crippen LogP contribution in [0.1, 0.15) is 50.2 Å². The van der Waals surface area contributed by atoms with E-state index in [1.165, 1.54) is 12.5 Å². The van der Waals surface area contributed by atoms with Gasteiger partial charge in [0, 0.05) is 6.42 Å². The van der Waals surface area contributed by atoms with E-state index in [1.807, 2.05) is 6.92 Å². The molecule has 100 valence electrons. The summed E-state index contributed by atoms with van der Waals surface area (Å²) >= 11 is 0. The molecule has 2 atom stereocenters. The lowest BCUT2D eigenvalue weighted by Gasteiger charge is -2.37. The summed E-state index contributed by atoms with van der Waals surface area (Å²) < 4.78 is 13.3. The van der Waals surface area contributed by atoms with Crippen LogP contribution in [-0.4, -0.2) is 10.7 Å². The van der Waals surface area contributed by atoms with Crippen molar-refractivity contribution in [3.63, 3.8) is 0 Å². The van der Waals surface area contributed by atoms with Gasteiger partial charge in [-0.05, 0) is 48.9 Å². The molecule has 1 nitrogen and oxygen atoms in total. The Morgan fingerprint density at radius 2 is 2.22 bits per heavy atom. The molecule has 18 heavy (non-hydrogen) atoms. The second-order valence-corrected chi connectivity index (χ2v) is 5.84. The Bertz CT molecular complexity index is 416. The van der Waals surface area contributed by atoms with Crippen molar-refractivity contribution in [1.29, 1.82) is 0 Å². The first-order chi connectivity index (χ1) is 8.52. The molecule has 1 saturated carbocycles. The van der Waals surface area contributed by atoms with Crippen LogP contribution in [0.3, 0.4) is 0 Å². The molecule has 1 N–H and O–H groups in total. The highest BCUT2D eigenvalue weighted by atomic mass is 19.1. The van der Waals surface area contributed by atoms with Crippen molar-refractivity contribution in [2.45, 2.75) is 58.0 Å². The maximum atomic E-state index is 13.3. The van der Waals surface area contributed by atoms with Crippen LogP contribution in [0.5, 0.6) is 0 Å². The van der Waals surface area contributed by atoms with Crippen LogP contribution in [0.25, 0.3) is 0 Å². The molecule has 1 aromatic rings. The third kappa shape index (κ3) is 3.11. The molecule has 0 heterocycles. The third-order valence-corrected chi connectivity index (χ3v) is 4.33. The van der Waals surface area contributed by atoms with Gasteiger partial charge in [0.2, 0.25) is 0 Å². The molecule has 1 aliphatic carbocycles. The van der Waals surface area contributed by atoms with Crippen LogP contribution in [0.15, 0.2) is 18.2 Å². The minimum absolute atomic E-state index is 0.206. The fourth-order valence-electron chi connectivity index (χ4n) is 3.16. The standard InChI is InChI=1S/C16H23FO/c1-3-13-5-4-8-16(18,10-13)11-14-9-15(17)7-6-12(14)2/h6-7,9,13,18H,3-5,8,10-11H2,1-2H3. The van der Waals surface area contributed by atoms with Gasteiger partial charge in [-0.2, -0.15) is 0 Å². The molecule has 2 rings (SSSR count). The third-order valence-electron chi connectivity index (χ3n) is 4.33. The maximum absolute atomic E-state index is 13.3. The zero-order chi connectivity index (χ0) is 13.2. The van der Waals surface area contributed by atoms with Gasteiger partial charge in [-0.15, -0.1) is 0 Å². The van der Waals surface area contributed by atoms with Gasteiger partial charge >= 0.3 is 0 Å². The number of rotatable bonds is 3. The second kappa shape index (κ2) is 5.40. The lowest BCUT2D eigenvalue weighted by molar-refractivity contribution is -0.0163. The second-order valence-electron chi connectivity index (χ2n) is 5.84. The van der Waals surface area contributed by atoms with Crippen LogP contribution in [0.2, 0.25) is 0 Å². The number of halogens is 1. The van der Waals surface area contributed by atoms with E-state index in [2.05, 4.69) is 6.92 Å². The van der Waals surface area contributed by atoms with Gasteiger partial charge in [0.1, 0.15) is 5.82 Å².